The van der Waals surface area contributed by atoms with E-state index in [1.807, 2.05) is 6.07 Å². The summed E-state index contributed by atoms with van der Waals surface area (Å²) >= 11 is 4.10. The van der Waals surface area contributed by atoms with Gasteiger partial charge in [0.1, 0.15) is 0 Å². The van der Waals surface area contributed by atoms with Gasteiger partial charge in [0, 0.05) is 17.3 Å². The molecular formula is C7H7NS. The van der Waals surface area contributed by atoms with Crippen LogP contribution in [-0.4, -0.2) is 4.98 Å². The summed E-state index contributed by atoms with van der Waals surface area (Å²) in [5, 5.41) is 0. The summed E-state index contributed by atoms with van der Waals surface area (Å²) in [4.78, 5) is 4.78. The van der Waals surface area contributed by atoms with E-state index in [9.17, 15) is 0 Å². The van der Waals surface area contributed by atoms with Crippen LogP contribution in [0, 0.1) is 0 Å². The maximum atomic E-state index is 4.10. The first-order chi connectivity index (χ1) is 4.33. The van der Waals surface area contributed by atoms with Crippen molar-refractivity contribution in [3.05, 3.63) is 30.6 Å². The number of rotatable bonds is 1. The maximum Gasteiger partial charge on any atom is 0.0401 e. The molecule has 2 heteroatoms. The number of nitrogens with zero attached hydrogens (tertiary/aromatic N) is 1. The Kier molecular flexibility index (Phi) is 1.90. The first-order valence-electron chi connectivity index (χ1n) is 2.59. The van der Waals surface area contributed by atoms with Crippen molar-refractivity contribution in [2.75, 3.05) is 0 Å². The molecule has 0 fully saturated rings. The number of thiol groups is 1. The van der Waals surface area contributed by atoms with Crippen LogP contribution in [0.4, 0.5) is 0 Å². The van der Waals surface area contributed by atoms with Crippen LogP contribution < -0.4 is 0 Å². The molecule has 0 saturated carbocycles. The van der Waals surface area contributed by atoms with Crippen molar-refractivity contribution >= 4 is 18.7 Å². The molecule has 0 amide bonds. The average Bonchev–Trinajstić information content (AvgIpc) is 1.88. The van der Waals surface area contributed by atoms with Gasteiger partial charge in [0.15, 0.2) is 0 Å². The smallest absolute Gasteiger partial charge is 0.0401 e. The molecule has 0 aromatic carbocycles. The summed E-state index contributed by atoms with van der Waals surface area (Å²) < 4.78 is 0. The summed E-state index contributed by atoms with van der Waals surface area (Å²) in [6.07, 6.45) is 5.18. The molecule has 0 spiro atoms. The van der Waals surface area contributed by atoms with E-state index in [0.29, 0.717) is 0 Å². The molecule has 46 valence electrons. The van der Waals surface area contributed by atoms with Gasteiger partial charge in [-0.2, -0.15) is 0 Å². The van der Waals surface area contributed by atoms with Crippen LogP contribution in [-0.2, 0) is 0 Å². The third-order valence-corrected chi connectivity index (χ3v) is 1.23. The zero-order valence-electron chi connectivity index (χ0n) is 4.91. The van der Waals surface area contributed by atoms with Crippen molar-refractivity contribution in [2.45, 2.75) is 4.90 Å². The second kappa shape index (κ2) is 2.69. The first-order valence-corrected chi connectivity index (χ1v) is 3.04. The van der Waals surface area contributed by atoms with E-state index >= 15 is 0 Å². The molecule has 0 saturated heterocycles. The Morgan fingerprint density at radius 1 is 1.56 bits per heavy atom. The van der Waals surface area contributed by atoms with Crippen LogP contribution >= 0.6 is 12.6 Å². The summed E-state index contributed by atoms with van der Waals surface area (Å²) in [5.41, 5.74) is 1.00. The molecule has 9 heavy (non-hydrogen) atoms. The zero-order valence-corrected chi connectivity index (χ0v) is 5.81. The Labute approximate surface area is 59.8 Å². The molecule has 1 aromatic rings. The van der Waals surface area contributed by atoms with E-state index in [4.69, 9.17) is 0 Å². The summed E-state index contributed by atoms with van der Waals surface area (Å²) in [7, 11) is 0. The fraction of sp³-hybridized carbons (Fsp3) is 0. The predicted octanol–water partition coefficient (Wildman–Crippen LogP) is 2.01. The van der Waals surface area contributed by atoms with Gasteiger partial charge in [0.05, 0.1) is 0 Å². The van der Waals surface area contributed by atoms with Crippen molar-refractivity contribution in [3.63, 3.8) is 0 Å². The van der Waals surface area contributed by atoms with Crippen molar-refractivity contribution in [2.24, 2.45) is 0 Å². The molecule has 0 bridgehead atoms. The van der Waals surface area contributed by atoms with Crippen LogP contribution in [0.1, 0.15) is 5.56 Å². The van der Waals surface area contributed by atoms with Crippen LogP contribution in [0.15, 0.2) is 29.9 Å². The number of hydrogen-bond donors (Lipinski definition) is 1. The maximum absolute atomic E-state index is 4.10. The standard InChI is InChI=1S/C7H7NS/c1-2-6-3-7(9)5-8-4-6/h2-5,9H,1H2. The van der Waals surface area contributed by atoms with Gasteiger partial charge in [-0.15, -0.1) is 12.6 Å². The minimum atomic E-state index is 0.868. The second-order valence-corrected chi connectivity index (χ2v) is 2.20. The van der Waals surface area contributed by atoms with E-state index < -0.39 is 0 Å². The molecule has 0 aliphatic heterocycles. The second-order valence-electron chi connectivity index (χ2n) is 1.68. The zero-order chi connectivity index (χ0) is 6.69. The Morgan fingerprint density at radius 2 is 2.33 bits per heavy atom. The molecule has 1 rings (SSSR count). The Hall–Kier alpha value is -0.760. The summed E-state index contributed by atoms with van der Waals surface area (Å²) in [6.45, 7) is 3.60. The Bertz CT molecular complexity index is 220. The number of aromatic nitrogens is 1. The normalized spacial score (nSPS) is 9.00. The largest absolute Gasteiger partial charge is 0.263 e. The van der Waals surface area contributed by atoms with Crippen molar-refractivity contribution in [3.8, 4) is 0 Å². The highest BCUT2D eigenvalue weighted by atomic mass is 32.1. The minimum Gasteiger partial charge on any atom is -0.263 e. The highest BCUT2D eigenvalue weighted by Gasteiger charge is 1.85. The lowest BCUT2D eigenvalue weighted by atomic mass is 10.3. The van der Waals surface area contributed by atoms with Gasteiger partial charge in [-0.25, -0.2) is 0 Å². The molecule has 0 aliphatic rings. The van der Waals surface area contributed by atoms with Crippen molar-refractivity contribution in [1.29, 1.82) is 0 Å². The molecule has 0 radical (unpaired) electrons. The fourth-order valence-corrected chi connectivity index (χ4v) is 0.772. The van der Waals surface area contributed by atoms with Crippen molar-refractivity contribution in [1.82, 2.24) is 4.98 Å². The fourth-order valence-electron chi connectivity index (χ4n) is 0.557. The number of hydrogen-bond acceptors (Lipinski definition) is 2. The lowest BCUT2D eigenvalue weighted by Crippen LogP contribution is -1.74. The molecule has 1 aromatic heterocycles. The highest BCUT2D eigenvalue weighted by Crippen LogP contribution is 2.06. The highest BCUT2D eigenvalue weighted by molar-refractivity contribution is 7.80. The molecular weight excluding hydrogens is 130 g/mol. The van der Waals surface area contributed by atoms with Gasteiger partial charge >= 0.3 is 0 Å². The third kappa shape index (κ3) is 1.57. The van der Waals surface area contributed by atoms with Gasteiger partial charge < -0.3 is 0 Å². The van der Waals surface area contributed by atoms with E-state index in [2.05, 4.69) is 24.2 Å². The van der Waals surface area contributed by atoms with Gasteiger partial charge in [0.2, 0.25) is 0 Å². The van der Waals surface area contributed by atoms with Crippen LogP contribution in [0.25, 0.3) is 6.08 Å². The third-order valence-electron chi connectivity index (χ3n) is 0.981. The Balaban J connectivity index is 3.07. The van der Waals surface area contributed by atoms with E-state index in [0.717, 1.165) is 10.5 Å². The van der Waals surface area contributed by atoms with Crippen LogP contribution in [0.5, 0.6) is 0 Å². The average molecular weight is 137 g/mol. The van der Waals surface area contributed by atoms with Crippen molar-refractivity contribution < 1.29 is 0 Å². The predicted molar refractivity (Wildman–Crippen MR) is 41.6 cm³/mol. The molecule has 0 N–H and O–H groups in total. The van der Waals surface area contributed by atoms with E-state index in [1.165, 1.54) is 0 Å². The van der Waals surface area contributed by atoms with Gasteiger partial charge in [0.25, 0.3) is 0 Å². The lowest BCUT2D eigenvalue weighted by Gasteiger charge is -1.90. The molecule has 0 atom stereocenters. The summed E-state index contributed by atoms with van der Waals surface area (Å²) in [5.74, 6) is 0. The van der Waals surface area contributed by atoms with Crippen LogP contribution in [0.2, 0.25) is 0 Å². The monoisotopic (exact) mass is 137 g/mol. The molecule has 0 unspecified atom stereocenters. The lowest BCUT2D eigenvalue weighted by molar-refractivity contribution is 1.23. The van der Waals surface area contributed by atoms with Gasteiger partial charge in [-0.1, -0.05) is 12.7 Å². The quantitative estimate of drug-likeness (QED) is 0.584. The van der Waals surface area contributed by atoms with E-state index in [1.54, 1.807) is 18.5 Å². The molecule has 1 heterocycles. The molecule has 0 aliphatic carbocycles. The topological polar surface area (TPSA) is 12.9 Å². The van der Waals surface area contributed by atoms with Gasteiger partial charge in [-0.05, 0) is 11.6 Å². The SMILES string of the molecule is C=Cc1cncc(S)c1. The van der Waals surface area contributed by atoms with E-state index in [-0.39, 0.29) is 0 Å². The molecule has 1 nitrogen and oxygen atoms in total. The Morgan fingerprint density at radius 3 is 2.78 bits per heavy atom. The first kappa shape index (κ1) is 6.36. The summed E-state index contributed by atoms with van der Waals surface area (Å²) in [6, 6.07) is 1.91. The minimum absolute atomic E-state index is 0.868. The van der Waals surface area contributed by atoms with Crippen LogP contribution in [0.3, 0.4) is 0 Å². The number of pyridine rings is 1. The van der Waals surface area contributed by atoms with Gasteiger partial charge in [-0.3, -0.25) is 4.98 Å².